The first-order chi connectivity index (χ1) is 10.5. The number of nitrogens with two attached hydrogens (primary N) is 1. The number of primary amides is 1. The highest BCUT2D eigenvalue weighted by Crippen LogP contribution is 2.43. The molecule has 3 aliphatic rings. The van der Waals surface area contributed by atoms with E-state index in [1.165, 1.54) is 31.5 Å². The molecule has 1 aliphatic heterocycles. The zero-order chi connectivity index (χ0) is 15.7. The van der Waals surface area contributed by atoms with Crippen LogP contribution in [-0.4, -0.2) is 30.4 Å². The largest absolute Gasteiger partial charge is 0.370 e. The fraction of sp³-hybridized carbons (Fsp3) is 0.632. The molecule has 1 amide bonds. The second-order valence-corrected chi connectivity index (χ2v) is 7.56. The molecule has 0 aromatic carbocycles. The minimum Gasteiger partial charge on any atom is -0.370 e. The zero-order valence-electron chi connectivity index (χ0n) is 13.8. The summed E-state index contributed by atoms with van der Waals surface area (Å²) in [5.41, 5.74) is 8.44. The van der Waals surface area contributed by atoms with Crippen molar-refractivity contribution in [1.82, 2.24) is 4.90 Å². The molecule has 2 unspecified atom stereocenters. The van der Waals surface area contributed by atoms with Crippen LogP contribution in [0.1, 0.15) is 33.1 Å². The highest BCUT2D eigenvalue weighted by atomic mass is 16.1. The van der Waals surface area contributed by atoms with Gasteiger partial charge in [0.05, 0.1) is 0 Å². The molecule has 0 aromatic rings. The van der Waals surface area contributed by atoms with Crippen LogP contribution in [0.25, 0.3) is 0 Å². The van der Waals surface area contributed by atoms with Crippen molar-refractivity contribution in [3.05, 3.63) is 35.5 Å². The molecule has 3 rings (SSSR count). The molecule has 2 N–H and O–H groups in total. The van der Waals surface area contributed by atoms with Gasteiger partial charge in [0, 0.05) is 19.5 Å². The molecule has 0 radical (unpaired) electrons. The lowest BCUT2D eigenvalue weighted by molar-refractivity contribution is -0.118. The van der Waals surface area contributed by atoms with Gasteiger partial charge in [-0.2, -0.15) is 0 Å². The predicted molar refractivity (Wildman–Crippen MR) is 90.1 cm³/mol. The number of piperidine rings is 1. The summed E-state index contributed by atoms with van der Waals surface area (Å²) in [4.78, 5) is 13.9. The van der Waals surface area contributed by atoms with Crippen LogP contribution in [0.15, 0.2) is 35.5 Å². The second-order valence-electron chi connectivity index (χ2n) is 7.56. The van der Waals surface area contributed by atoms with Crippen LogP contribution >= 0.6 is 0 Å². The van der Waals surface area contributed by atoms with E-state index in [2.05, 4.69) is 43.1 Å². The van der Waals surface area contributed by atoms with Gasteiger partial charge >= 0.3 is 0 Å². The molecule has 1 heterocycles. The van der Waals surface area contributed by atoms with Gasteiger partial charge in [0.15, 0.2) is 0 Å². The van der Waals surface area contributed by atoms with Gasteiger partial charge in [0.2, 0.25) is 5.91 Å². The quantitative estimate of drug-likeness (QED) is 0.867. The lowest BCUT2D eigenvalue weighted by Crippen LogP contribution is -2.40. The van der Waals surface area contributed by atoms with Crippen LogP contribution in [-0.2, 0) is 4.79 Å². The number of hydrogen-bond donors (Lipinski definition) is 1. The van der Waals surface area contributed by atoms with Crippen LogP contribution in [0.2, 0.25) is 0 Å². The summed E-state index contributed by atoms with van der Waals surface area (Å²) in [6, 6.07) is 0. The Morgan fingerprint density at radius 1 is 1.45 bits per heavy atom. The van der Waals surface area contributed by atoms with E-state index in [0.717, 1.165) is 12.5 Å². The summed E-state index contributed by atoms with van der Waals surface area (Å²) < 4.78 is 0. The number of nitrogens with zero attached hydrogens (tertiary/aromatic N) is 1. The normalized spacial score (nSPS) is 31.3. The van der Waals surface area contributed by atoms with Crippen LogP contribution in [0.3, 0.4) is 0 Å². The van der Waals surface area contributed by atoms with Gasteiger partial charge in [-0.3, -0.25) is 9.69 Å². The minimum absolute atomic E-state index is 0.183. The number of likely N-dealkylation sites (tertiary alicyclic amines) is 1. The lowest BCUT2D eigenvalue weighted by Gasteiger charge is -2.42. The third-order valence-electron chi connectivity index (χ3n) is 5.27. The fourth-order valence-electron chi connectivity index (χ4n) is 4.34. The van der Waals surface area contributed by atoms with E-state index in [-0.39, 0.29) is 5.91 Å². The van der Waals surface area contributed by atoms with E-state index in [9.17, 15) is 4.79 Å². The Bertz CT molecular complexity index is 530. The first-order valence-electron chi connectivity index (χ1n) is 8.62. The summed E-state index contributed by atoms with van der Waals surface area (Å²) >= 11 is 0. The van der Waals surface area contributed by atoms with Gasteiger partial charge in [0.1, 0.15) is 0 Å². The summed E-state index contributed by atoms with van der Waals surface area (Å²) in [6.45, 7) is 8.11. The standard InChI is InChI=1S/C19H28N2O/c1-13(2)11-21-7-6-14-9-18-15(8-17(14)12-21)4-3-5-16(18)10-19(20)22/h3-5,8,13-14,16,18H,6-7,9-12H2,1-2H3,(H2,20,22)/t14?,16-,18?/m0/s1. The molecule has 22 heavy (non-hydrogen) atoms. The number of carbonyl (C=O) groups is 1. The molecule has 0 bridgehead atoms. The van der Waals surface area contributed by atoms with Crippen molar-refractivity contribution in [3.8, 4) is 0 Å². The number of amides is 1. The third-order valence-corrected chi connectivity index (χ3v) is 5.27. The number of rotatable bonds is 4. The monoisotopic (exact) mass is 300 g/mol. The average Bonchev–Trinajstić information content (AvgIpc) is 2.44. The molecule has 3 atom stereocenters. The Labute approximate surface area is 133 Å². The first-order valence-corrected chi connectivity index (χ1v) is 8.62. The Morgan fingerprint density at radius 2 is 2.27 bits per heavy atom. The van der Waals surface area contributed by atoms with Gasteiger partial charge in [-0.05, 0) is 48.6 Å². The maximum atomic E-state index is 11.3. The molecular formula is C19H28N2O. The number of carbonyl (C=O) groups excluding carboxylic acids is 1. The molecule has 1 saturated heterocycles. The fourth-order valence-corrected chi connectivity index (χ4v) is 4.34. The van der Waals surface area contributed by atoms with Crippen LogP contribution < -0.4 is 5.73 Å². The Balaban J connectivity index is 1.75. The van der Waals surface area contributed by atoms with Crippen molar-refractivity contribution in [2.45, 2.75) is 33.1 Å². The van der Waals surface area contributed by atoms with Crippen molar-refractivity contribution in [3.63, 3.8) is 0 Å². The van der Waals surface area contributed by atoms with Gasteiger partial charge in [0.25, 0.3) is 0 Å². The molecule has 1 fully saturated rings. The average molecular weight is 300 g/mol. The number of hydrogen-bond acceptors (Lipinski definition) is 2. The maximum absolute atomic E-state index is 11.3. The Morgan fingerprint density at radius 3 is 3.00 bits per heavy atom. The van der Waals surface area contributed by atoms with E-state index in [1.807, 2.05) is 0 Å². The minimum atomic E-state index is -0.183. The third kappa shape index (κ3) is 3.35. The molecule has 3 heteroatoms. The van der Waals surface area contributed by atoms with Crippen LogP contribution in [0.4, 0.5) is 0 Å². The van der Waals surface area contributed by atoms with E-state index < -0.39 is 0 Å². The molecule has 3 nitrogen and oxygen atoms in total. The molecule has 0 aromatic heterocycles. The van der Waals surface area contributed by atoms with Crippen LogP contribution in [0, 0.1) is 23.7 Å². The zero-order valence-corrected chi connectivity index (χ0v) is 13.8. The summed E-state index contributed by atoms with van der Waals surface area (Å²) in [6.07, 6.45) is 11.9. The first kappa shape index (κ1) is 15.5. The van der Waals surface area contributed by atoms with E-state index >= 15 is 0 Å². The van der Waals surface area contributed by atoms with Gasteiger partial charge in [-0.1, -0.05) is 43.7 Å². The summed E-state index contributed by atoms with van der Waals surface area (Å²) in [5, 5.41) is 0. The van der Waals surface area contributed by atoms with Gasteiger partial charge < -0.3 is 5.73 Å². The lowest BCUT2D eigenvalue weighted by atomic mass is 9.68. The van der Waals surface area contributed by atoms with Gasteiger partial charge in [-0.15, -0.1) is 0 Å². The van der Waals surface area contributed by atoms with Gasteiger partial charge in [-0.25, -0.2) is 0 Å². The summed E-state index contributed by atoms with van der Waals surface area (Å²) in [7, 11) is 0. The molecular weight excluding hydrogens is 272 g/mol. The number of allylic oxidation sites excluding steroid dienone is 5. The molecule has 0 saturated carbocycles. The molecule has 0 spiro atoms. The smallest absolute Gasteiger partial charge is 0.218 e. The van der Waals surface area contributed by atoms with Crippen molar-refractivity contribution >= 4 is 5.91 Å². The SMILES string of the molecule is CC(C)CN1CCC2CC3C(=CC=C[C@H]3CC(N)=O)C=C2C1. The highest BCUT2D eigenvalue weighted by Gasteiger charge is 2.35. The van der Waals surface area contributed by atoms with E-state index in [0.29, 0.717) is 24.2 Å². The second kappa shape index (κ2) is 6.41. The van der Waals surface area contributed by atoms with E-state index in [4.69, 9.17) is 5.73 Å². The molecule has 2 aliphatic carbocycles. The Hall–Kier alpha value is -1.35. The topological polar surface area (TPSA) is 46.3 Å². The van der Waals surface area contributed by atoms with E-state index in [1.54, 1.807) is 5.57 Å². The molecule has 120 valence electrons. The Kier molecular flexibility index (Phi) is 4.53. The van der Waals surface area contributed by atoms with Crippen molar-refractivity contribution < 1.29 is 4.79 Å². The van der Waals surface area contributed by atoms with Crippen LogP contribution in [0.5, 0.6) is 0 Å². The van der Waals surface area contributed by atoms with Crippen molar-refractivity contribution in [1.29, 1.82) is 0 Å². The highest BCUT2D eigenvalue weighted by molar-refractivity contribution is 5.74. The predicted octanol–water partition coefficient (Wildman–Crippen LogP) is 2.90. The van der Waals surface area contributed by atoms with Crippen molar-refractivity contribution in [2.24, 2.45) is 29.4 Å². The summed E-state index contributed by atoms with van der Waals surface area (Å²) in [5.74, 6) is 2.03. The maximum Gasteiger partial charge on any atom is 0.218 e. The van der Waals surface area contributed by atoms with Crippen molar-refractivity contribution in [2.75, 3.05) is 19.6 Å². The number of fused-ring (bicyclic) bond motifs is 2.